The van der Waals surface area contributed by atoms with E-state index in [0.29, 0.717) is 44.2 Å². The van der Waals surface area contributed by atoms with E-state index < -0.39 is 0 Å². The van der Waals surface area contributed by atoms with Crippen LogP contribution in [0.5, 0.6) is 0 Å². The Bertz CT molecular complexity index is 1450. The van der Waals surface area contributed by atoms with Gasteiger partial charge in [0.2, 0.25) is 11.8 Å². The minimum Gasteiger partial charge on any atom is -0.342 e. The molecule has 5 heterocycles. The molecule has 4 atom stereocenters. The summed E-state index contributed by atoms with van der Waals surface area (Å²) >= 11 is 0. The van der Waals surface area contributed by atoms with Crippen LogP contribution in [-0.4, -0.2) is 87.4 Å². The molecule has 2 N–H and O–H groups in total. The highest BCUT2D eigenvalue weighted by atomic mass is 16.2. The van der Waals surface area contributed by atoms with Gasteiger partial charge in [0.15, 0.2) is 0 Å². The lowest BCUT2D eigenvalue weighted by Gasteiger charge is -2.46. The van der Waals surface area contributed by atoms with Crippen LogP contribution in [0.15, 0.2) is 54.6 Å². The van der Waals surface area contributed by atoms with Gasteiger partial charge in [0.05, 0.1) is 17.0 Å². The zero-order valence-corrected chi connectivity index (χ0v) is 25.5. The summed E-state index contributed by atoms with van der Waals surface area (Å²) in [6, 6.07) is 21.4. The molecule has 7 rings (SSSR count). The van der Waals surface area contributed by atoms with Gasteiger partial charge < -0.3 is 20.1 Å². The van der Waals surface area contributed by atoms with Gasteiger partial charge >= 0.3 is 0 Å². The molecule has 43 heavy (non-hydrogen) atoms. The number of fused-ring (bicyclic) bond motifs is 3. The van der Waals surface area contributed by atoms with E-state index in [1.165, 1.54) is 36.8 Å². The third-order valence-electron chi connectivity index (χ3n) is 11.2. The molecule has 4 saturated heterocycles. The highest BCUT2D eigenvalue weighted by Crippen LogP contribution is 2.45. The lowest BCUT2D eigenvalue weighted by atomic mass is 9.70. The van der Waals surface area contributed by atoms with Crippen molar-refractivity contribution in [2.45, 2.75) is 81.8 Å². The van der Waals surface area contributed by atoms with E-state index in [2.05, 4.69) is 71.0 Å². The molecule has 4 aliphatic rings. The average molecular weight is 583 g/mol. The highest BCUT2D eigenvalue weighted by molar-refractivity contribution is 5.89. The molecule has 4 aliphatic heterocycles. The van der Waals surface area contributed by atoms with Crippen molar-refractivity contribution in [3.05, 3.63) is 66.0 Å². The number of carbonyl (C=O) groups is 2. The van der Waals surface area contributed by atoms with E-state index >= 15 is 0 Å². The number of para-hydroxylation sites is 2. The Balaban J connectivity index is 1.03. The maximum atomic E-state index is 13.5. The van der Waals surface area contributed by atoms with Crippen LogP contribution in [-0.2, 0) is 15.0 Å². The zero-order valence-electron chi connectivity index (χ0n) is 25.5. The van der Waals surface area contributed by atoms with Crippen molar-refractivity contribution in [2.24, 2.45) is 11.7 Å². The summed E-state index contributed by atoms with van der Waals surface area (Å²) in [6.45, 7) is 6.29. The van der Waals surface area contributed by atoms with Crippen molar-refractivity contribution in [1.82, 2.24) is 24.3 Å². The number of aromatic nitrogens is 2. The van der Waals surface area contributed by atoms with Gasteiger partial charge in [-0.15, -0.1) is 0 Å². The number of aryl methyl sites for hydroxylation is 1. The Morgan fingerprint density at radius 3 is 2.37 bits per heavy atom. The maximum Gasteiger partial charge on any atom is 0.227 e. The van der Waals surface area contributed by atoms with Gasteiger partial charge in [0, 0.05) is 57.3 Å². The number of imidazole rings is 1. The second-order valence-electron chi connectivity index (χ2n) is 13.5. The summed E-state index contributed by atoms with van der Waals surface area (Å²) < 4.78 is 2.52. The molecular weight excluding hydrogens is 536 g/mol. The van der Waals surface area contributed by atoms with Gasteiger partial charge in [0.25, 0.3) is 0 Å². The third-order valence-corrected chi connectivity index (χ3v) is 11.2. The summed E-state index contributed by atoms with van der Waals surface area (Å²) in [4.78, 5) is 37.4. The Morgan fingerprint density at radius 2 is 1.65 bits per heavy atom. The molecule has 0 spiro atoms. The molecule has 2 unspecified atom stereocenters. The SMILES string of the molecule is Cc1nc2ccccc2n1C1C[C@H]2CC[C@@H](C1)N2CCC1(c2ccccc2)CCN(C(=O)C2CC(=O)N(CCN)C2)CC1. The second kappa shape index (κ2) is 11.7. The number of piperidine rings is 2. The van der Waals surface area contributed by atoms with Gasteiger partial charge in [-0.1, -0.05) is 42.5 Å². The van der Waals surface area contributed by atoms with Gasteiger partial charge in [0.1, 0.15) is 5.82 Å². The summed E-state index contributed by atoms with van der Waals surface area (Å²) in [7, 11) is 0. The van der Waals surface area contributed by atoms with Crippen molar-refractivity contribution >= 4 is 22.8 Å². The van der Waals surface area contributed by atoms with Crippen molar-refractivity contribution in [3.8, 4) is 0 Å². The molecule has 3 aromatic rings. The molecule has 228 valence electrons. The largest absolute Gasteiger partial charge is 0.342 e. The fourth-order valence-electron chi connectivity index (χ4n) is 8.99. The first-order valence-corrected chi connectivity index (χ1v) is 16.5. The number of hydrogen-bond donors (Lipinski definition) is 1. The zero-order chi connectivity index (χ0) is 29.6. The van der Waals surface area contributed by atoms with E-state index in [-0.39, 0.29) is 23.1 Å². The van der Waals surface area contributed by atoms with Gasteiger partial charge in [-0.2, -0.15) is 0 Å². The molecular formula is C35H46N6O2. The molecule has 0 radical (unpaired) electrons. The number of nitrogens with zero attached hydrogens (tertiary/aromatic N) is 5. The number of nitrogens with two attached hydrogens (primary N) is 1. The molecule has 0 aliphatic carbocycles. The molecule has 2 amide bonds. The summed E-state index contributed by atoms with van der Waals surface area (Å²) in [6.07, 6.45) is 8.36. The van der Waals surface area contributed by atoms with Crippen molar-refractivity contribution in [1.29, 1.82) is 0 Å². The summed E-state index contributed by atoms with van der Waals surface area (Å²) in [5.41, 5.74) is 9.55. The molecule has 2 bridgehead atoms. The van der Waals surface area contributed by atoms with E-state index in [1.54, 1.807) is 4.90 Å². The average Bonchev–Trinajstić information content (AvgIpc) is 3.65. The Kier molecular flexibility index (Phi) is 7.76. The van der Waals surface area contributed by atoms with E-state index in [1.807, 2.05) is 4.90 Å². The molecule has 8 nitrogen and oxygen atoms in total. The monoisotopic (exact) mass is 582 g/mol. The first kappa shape index (κ1) is 28.5. The number of benzene rings is 2. The minimum absolute atomic E-state index is 0.0641. The summed E-state index contributed by atoms with van der Waals surface area (Å²) in [5.74, 6) is 1.13. The van der Waals surface area contributed by atoms with Crippen LogP contribution in [0.1, 0.15) is 68.8 Å². The smallest absolute Gasteiger partial charge is 0.227 e. The van der Waals surface area contributed by atoms with Crippen molar-refractivity contribution < 1.29 is 9.59 Å². The van der Waals surface area contributed by atoms with E-state index in [9.17, 15) is 9.59 Å². The second-order valence-corrected chi connectivity index (χ2v) is 13.5. The fourth-order valence-corrected chi connectivity index (χ4v) is 8.99. The number of amides is 2. The standard InChI is InChI=1S/C35H46N6O2/c1-25-37-31-9-5-6-10-32(31)41(25)30-22-28-11-12-29(23-30)40(28)19-15-35(27-7-3-2-4-8-27)13-17-38(18-14-35)34(43)26-21-33(42)39(24-26)20-16-36/h2-10,26,28-30H,11-24,36H2,1H3/t26?,28-,29+,30?. The first-order valence-electron chi connectivity index (χ1n) is 16.5. The van der Waals surface area contributed by atoms with Gasteiger partial charge in [-0.25, -0.2) is 4.98 Å². The van der Waals surface area contributed by atoms with E-state index in [0.717, 1.165) is 50.2 Å². The van der Waals surface area contributed by atoms with Gasteiger partial charge in [-0.3, -0.25) is 14.5 Å². The topological polar surface area (TPSA) is 87.7 Å². The maximum absolute atomic E-state index is 13.5. The molecule has 1 aromatic heterocycles. The van der Waals surface area contributed by atoms with Crippen LogP contribution in [0.4, 0.5) is 0 Å². The summed E-state index contributed by atoms with van der Waals surface area (Å²) in [5, 5.41) is 0. The normalized spacial score (nSPS) is 27.3. The van der Waals surface area contributed by atoms with Crippen LogP contribution in [0, 0.1) is 12.8 Å². The molecule has 4 fully saturated rings. The lowest BCUT2D eigenvalue weighted by molar-refractivity contribution is -0.137. The number of hydrogen-bond acceptors (Lipinski definition) is 5. The van der Waals surface area contributed by atoms with Crippen LogP contribution in [0.3, 0.4) is 0 Å². The number of carbonyl (C=O) groups excluding carboxylic acids is 2. The van der Waals surface area contributed by atoms with Crippen LogP contribution in [0.25, 0.3) is 11.0 Å². The first-order chi connectivity index (χ1) is 21.0. The Labute approximate surface area is 255 Å². The predicted octanol–water partition coefficient (Wildman–Crippen LogP) is 4.27. The van der Waals surface area contributed by atoms with Crippen LogP contribution >= 0.6 is 0 Å². The number of rotatable bonds is 8. The third kappa shape index (κ3) is 5.27. The Hall–Kier alpha value is -3.23. The van der Waals surface area contributed by atoms with Gasteiger partial charge in [-0.05, 0) is 81.5 Å². The molecule has 0 saturated carbocycles. The quantitative estimate of drug-likeness (QED) is 0.429. The fraction of sp³-hybridized carbons (Fsp3) is 0.571. The predicted molar refractivity (Wildman–Crippen MR) is 169 cm³/mol. The van der Waals surface area contributed by atoms with Crippen molar-refractivity contribution in [2.75, 3.05) is 39.3 Å². The Morgan fingerprint density at radius 1 is 0.953 bits per heavy atom. The lowest BCUT2D eigenvalue weighted by Crippen LogP contribution is -2.50. The van der Waals surface area contributed by atoms with Crippen LogP contribution < -0.4 is 5.73 Å². The molecule has 2 aromatic carbocycles. The highest BCUT2D eigenvalue weighted by Gasteiger charge is 2.45. The van der Waals surface area contributed by atoms with Crippen LogP contribution in [0.2, 0.25) is 0 Å². The molecule has 8 heteroatoms. The number of likely N-dealkylation sites (tertiary alicyclic amines) is 2. The minimum atomic E-state index is -0.226. The van der Waals surface area contributed by atoms with E-state index in [4.69, 9.17) is 10.7 Å². The van der Waals surface area contributed by atoms with Crippen molar-refractivity contribution in [3.63, 3.8) is 0 Å².